The summed E-state index contributed by atoms with van der Waals surface area (Å²) in [4.78, 5) is 20.4. The van der Waals surface area contributed by atoms with Crippen LogP contribution in [0.3, 0.4) is 0 Å². The van der Waals surface area contributed by atoms with E-state index in [-0.39, 0.29) is 5.69 Å². The van der Waals surface area contributed by atoms with E-state index in [4.69, 9.17) is 4.74 Å². The largest absolute Gasteiger partial charge is 0.491 e. The zero-order valence-electron chi connectivity index (χ0n) is 15.7. The van der Waals surface area contributed by atoms with Crippen LogP contribution in [0.15, 0.2) is 60.2 Å². The highest BCUT2D eigenvalue weighted by atomic mass is 32.1. The number of para-hydroxylation sites is 2. The molecule has 1 N–H and O–H groups in total. The van der Waals surface area contributed by atoms with Gasteiger partial charge in [-0.05, 0) is 24.1 Å². The minimum Gasteiger partial charge on any atom is -0.491 e. The lowest BCUT2D eigenvalue weighted by molar-refractivity contribution is -0.384. The molecular weight excluding hydrogens is 388 g/mol. The average molecular weight is 406 g/mol. The molecule has 0 saturated carbocycles. The molecule has 0 amide bonds. The number of nitrogens with zero attached hydrogens (tertiary/aromatic N) is 3. The Bertz CT molecular complexity index is 1180. The Balaban J connectivity index is 1.79. The first-order chi connectivity index (χ1) is 14.2. The summed E-state index contributed by atoms with van der Waals surface area (Å²) in [5, 5.41) is 17.3. The zero-order chi connectivity index (χ0) is 20.2. The number of aromatic nitrogens is 2. The molecule has 4 rings (SSSR count). The van der Waals surface area contributed by atoms with E-state index in [1.165, 1.54) is 23.7 Å². The quantitative estimate of drug-likeness (QED) is 0.308. The number of fused-ring (bicyclic) bond motifs is 1. The molecule has 2 aromatic heterocycles. The van der Waals surface area contributed by atoms with Gasteiger partial charge < -0.3 is 10.1 Å². The van der Waals surface area contributed by atoms with Crippen molar-refractivity contribution in [1.29, 1.82) is 0 Å². The van der Waals surface area contributed by atoms with Crippen LogP contribution >= 0.6 is 11.3 Å². The number of nitro groups is 1. The predicted molar refractivity (Wildman–Crippen MR) is 115 cm³/mol. The number of thiophene rings is 1. The van der Waals surface area contributed by atoms with E-state index in [2.05, 4.69) is 22.2 Å². The summed E-state index contributed by atoms with van der Waals surface area (Å²) in [6.45, 7) is 2.68. The molecule has 2 aromatic carbocycles. The van der Waals surface area contributed by atoms with Gasteiger partial charge in [0.25, 0.3) is 5.69 Å². The third-order valence-electron chi connectivity index (χ3n) is 4.34. The molecule has 0 saturated heterocycles. The molecule has 0 aliphatic rings. The van der Waals surface area contributed by atoms with Crippen LogP contribution < -0.4 is 10.1 Å². The van der Waals surface area contributed by atoms with Crippen LogP contribution in [0, 0.1) is 10.1 Å². The van der Waals surface area contributed by atoms with E-state index in [1.54, 1.807) is 12.1 Å². The van der Waals surface area contributed by atoms with E-state index in [9.17, 15) is 10.1 Å². The maximum atomic E-state index is 11.2. The molecule has 2 heterocycles. The summed E-state index contributed by atoms with van der Waals surface area (Å²) in [5.74, 6) is 1.37. The predicted octanol–water partition coefficient (Wildman–Crippen LogP) is 5.80. The third-order valence-corrected chi connectivity index (χ3v) is 5.23. The Morgan fingerprint density at radius 2 is 2.03 bits per heavy atom. The van der Waals surface area contributed by atoms with Crippen molar-refractivity contribution in [3.63, 3.8) is 0 Å². The van der Waals surface area contributed by atoms with Crippen molar-refractivity contribution in [2.24, 2.45) is 0 Å². The molecule has 0 atom stereocenters. The topological polar surface area (TPSA) is 90.2 Å². The van der Waals surface area contributed by atoms with Gasteiger partial charge in [0.15, 0.2) is 0 Å². The zero-order valence-corrected chi connectivity index (χ0v) is 16.5. The first-order valence-corrected chi connectivity index (χ1v) is 10.0. The third kappa shape index (κ3) is 3.88. The van der Waals surface area contributed by atoms with Crippen molar-refractivity contribution in [1.82, 2.24) is 9.97 Å². The fourth-order valence-electron chi connectivity index (χ4n) is 3.00. The normalized spacial score (nSPS) is 10.8. The minimum atomic E-state index is -0.394. The highest BCUT2D eigenvalue weighted by Gasteiger charge is 2.16. The number of rotatable bonds is 7. The van der Waals surface area contributed by atoms with Gasteiger partial charge in [-0.15, -0.1) is 11.3 Å². The molecule has 0 aliphatic heterocycles. The Morgan fingerprint density at radius 3 is 2.86 bits per heavy atom. The summed E-state index contributed by atoms with van der Waals surface area (Å²) in [5.41, 5.74) is 2.45. The van der Waals surface area contributed by atoms with Gasteiger partial charge in [-0.25, -0.2) is 9.97 Å². The number of hydrogen-bond donors (Lipinski definition) is 1. The lowest BCUT2D eigenvalue weighted by Crippen LogP contribution is -2.01. The average Bonchev–Trinajstić information content (AvgIpc) is 3.18. The van der Waals surface area contributed by atoms with Crippen molar-refractivity contribution >= 4 is 38.7 Å². The van der Waals surface area contributed by atoms with Crippen LogP contribution in [0.25, 0.3) is 21.3 Å². The van der Waals surface area contributed by atoms with E-state index in [0.29, 0.717) is 12.4 Å². The van der Waals surface area contributed by atoms with Crippen molar-refractivity contribution in [2.75, 3.05) is 11.9 Å². The van der Waals surface area contributed by atoms with E-state index >= 15 is 0 Å². The standard InChI is InChI=1S/C21H18N4O3S/c1-2-10-28-18-9-4-3-8-17(18)24-20-19-16(12-29-21(19)23-13-22-20)14-6-5-7-15(11-14)25(26)27/h3-9,11-13H,2,10H2,1H3,(H,22,23,24). The molecule has 29 heavy (non-hydrogen) atoms. The van der Waals surface area contributed by atoms with Crippen molar-refractivity contribution < 1.29 is 9.66 Å². The second-order valence-corrected chi connectivity index (χ2v) is 7.19. The van der Waals surface area contributed by atoms with Crippen LogP contribution in [0.5, 0.6) is 5.75 Å². The van der Waals surface area contributed by atoms with E-state index in [0.717, 1.165) is 39.2 Å². The summed E-state index contributed by atoms with van der Waals surface area (Å²) < 4.78 is 5.83. The second kappa shape index (κ2) is 8.24. The van der Waals surface area contributed by atoms with Crippen molar-refractivity contribution in [3.8, 4) is 16.9 Å². The van der Waals surface area contributed by atoms with Crippen molar-refractivity contribution in [3.05, 3.63) is 70.4 Å². The lowest BCUT2D eigenvalue weighted by Gasteiger charge is -2.13. The summed E-state index contributed by atoms with van der Waals surface area (Å²) >= 11 is 1.47. The highest BCUT2D eigenvalue weighted by molar-refractivity contribution is 7.17. The van der Waals surface area contributed by atoms with Gasteiger partial charge >= 0.3 is 0 Å². The van der Waals surface area contributed by atoms with Gasteiger partial charge in [0.2, 0.25) is 0 Å². The van der Waals surface area contributed by atoms with Crippen LogP contribution in [0.4, 0.5) is 17.2 Å². The summed E-state index contributed by atoms with van der Waals surface area (Å²) in [7, 11) is 0. The molecule has 0 fully saturated rings. The fourth-order valence-corrected chi connectivity index (χ4v) is 3.92. The molecular formula is C21H18N4O3S. The first-order valence-electron chi connectivity index (χ1n) is 9.13. The number of anilines is 2. The van der Waals surface area contributed by atoms with E-state index < -0.39 is 4.92 Å². The molecule has 0 bridgehead atoms. The number of hydrogen-bond acceptors (Lipinski definition) is 7. The Labute approximate surface area is 171 Å². The number of nitro benzene ring substituents is 1. The molecule has 7 nitrogen and oxygen atoms in total. The molecule has 0 unspecified atom stereocenters. The van der Waals surface area contributed by atoms with Crippen LogP contribution in [-0.2, 0) is 0 Å². The van der Waals surface area contributed by atoms with Crippen LogP contribution in [0.1, 0.15) is 13.3 Å². The molecule has 0 aliphatic carbocycles. The molecule has 4 aromatic rings. The Hall–Kier alpha value is -3.52. The lowest BCUT2D eigenvalue weighted by atomic mass is 10.1. The smallest absolute Gasteiger partial charge is 0.270 e. The maximum Gasteiger partial charge on any atom is 0.270 e. The van der Waals surface area contributed by atoms with Gasteiger partial charge in [-0.2, -0.15) is 0 Å². The maximum absolute atomic E-state index is 11.2. The molecule has 146 valence electrons. The number of ether oxygens (including phenoxy) is 1. The Kier molecular flexibility index (Phi) is 5.35. The second-order valence-electron chi connectivity index (χ2n) is 6.33. The number of non-ortho nitro benzene ring substituents is 1. The monoisotopic (exact) mass is 406 g/mol. The SMILES string of the molecule is CCCOc1ccccc1Nc1ncnc2scc(-c3cccc([N+](=O)[O-])c3)c12. The fraction of sp³-hybridized carbons (Fsp3) is 0.143. The van der Waals surface area contributed by atoms with Gasteiger partial charge in [0.1, 0.15) is 22.7 Å². The number of nitrogens with one attached hydrogen (secondary N) is 1. The van der Waals surface area contributed by atoms with Gasteiger partial charge in [-0.1, -0.05) is 31.2 Å². The molecule has 0 radical (unpaired) electrons. The molecule has 0 spiro atoms. The number of benzene rings is 2. The van der Waals surface area contributed by atoms with Crippen LogP contribution in [-0.4, -0.2) is 21.5 Å². The van der Waals surface area contributed by atoms with Gasteiger partial charge in [0, 0.05) is 23.1 Å². The van der Waals surface area contributed by atoms with Crippen molar-refractivity contribution in [2.45, 2.75) is 13.3 Å². The minimum absolute atomic E-state index is 0.0477. The van der Waals surface area contributed by atoms with Gasteiger partial charge in [-0.3, -0.25) is 10.1 Å². The van der Waals surface area contributed by atoms with Gasteiger partial charge in [0.05, 0.1) is 22.6 Å². The first kappa shape index (κ1) is 18.8. The molecule has 8 heteroatoms. The Morgan fingerprint density at radius 1 is 1.17 bits per heavy atom. The van der Waals surface area contributed by atoms with Crippen LogP contribution in [0.2, 0.25) is 0 Å². The van der Waals surface area contributed by atoms with E-state index in [1.807, 2.05) is 35.7 Å². The summed E-state index contributed by atoms with van der Waals surface area (Å²) in [6, 6.07) is 14.3. The summed E-state index contributed by atoms with van der Waals surface area (Å²) in [6.07, 6.45) is 2.42. The highest BCUT2D eigenvalue weighted by Crippen LogP contribution is 2.39.